The molecule has 140 valence electrons. The van der Waals surface area contributed by atoms with Crippen LogP contribution >= 0.6 is 0 Å². The summed E-state index contributed by atoms with van der Waals surface area (Å²) in [6.07, 6.45) is 1.29. The predicted molar refractivity (Wildman–Crippen MR) is 109 cm³/mol. The fourth-order valence-corrected chi connectivity index (χ4v) is 4.18. The van der Waals surface area contributed by atoms with E-state index in [2.05, 4.69) is 52.8 Å². The molecular weight excluding hydrogens is 336 g/mol. The van der Waals surface area contributed by atoms with E-state index in [1.165, 1.54) is 10.8 Å². The zero-order chi connectivity index (χ0) is 19.0. The molecule has 1 N–H and O–H groups in total. The van der Waals surface area contributed by atoms with Crippen LogP contribution in [0.1, 0.15) is 34.6 Å². The van der Waals surface area contributed by atoms with Crippen LogP contribution in [0.3, 0.4) is 0 Å². The number of fused-ring (bicyclic) bond motifs is 1. The third-order valence-electron chi connectivity index (χ3n) is 5.66. The molecule has 0 unspecified atom stereocenters. The molecule has 0 atom stereocenters. The molecule has 27 heavy (non-hydrogen) atoms. The predicted octanol–water partition coefficient (Wildman–Crippen LogP) is 3.89. The number of piperidine rings is 1. The molecule has 0 bridgehead atoms. The Bertz CT molecular complexity index is 976. The molecule has 0 spiro atoms. The van der Waals surface area contributed by atoms with Crippen molar-refractivity contribution in [3.8, 4) is 5.69 Å². The van der Waals surface area contributed by atoms with Crippen LogP contribution in [0.15, 0.2) is 48.5 Å². The lowest BCUT2D eigenvalue weighted by Crippen LogP contribution is -2.39. The van der Waals surface area contributed by atoms with Crippen molar-refractivity contribution in [3.63, 3.8) is 0 Å². The van der Waals surface area contributed by atoms with Gasteiger partial charge in [-0.2, -0.15) is 0 Å². The van der Waals surface area contributed by atoms with Gasteiger partial charge in [0.05, 0.1) is 18.3 Å². The van der Waals surface area contributed by atoms with E-state index in [-0.39, 0.29) is 11.9 Å². The number of aliphatic hydroxyl groups excluding tert-OH is 1. The van der Waals surface area contributed by atoms with Crippen molar-refractivity contribution in [1.29, 1.82) is 0 Å². The summed E-state index contributed by atoms with van der Waals surface area (Å²) < 4.78 is 2.19. The normalized spacial score (nSPS) is 16.1. The molecular formula is C23H26N2O2. The Labute approximate surface area is 160 Å². The van der Waals surface area contributed by atoms with Gasteiger partial charge in [0.2, 0.25) is 0 Å². The lowest BCUT2D eigenvalue weighted by atomic mass is 10.1. The first-order chi connectivity index (χ1) is 13.0. The topological polar surface area (TPSA) is 45.5 Å². The van der Waals surface area contributed by atoms with Gasteiger partial charge >= 0.3 is 0 Å². The highest BCUT2D eigenvalue weighted by Crippen LogP contribution is 2.27. The van der Waals surface area contributed by atoms with Gasteiger partial charge < -0.3 is 9.67 Å². The summed E-state index contributed by atoms with van der Waals surface area (Å²) in [7, 11) is 0. The summed E-state index contributed by atoms with van der Waals surface area (Å²) in [4.78, 5) is 15.1. The van der Waals surface area contributed by atoms with E-state index in [0.717, 1.165) is 48.6 Å². The second-order valence-corrected chi connectivity index (χ2v) is 7.55. The molecule has 0 radical (unpaired) electrons. The molecule has 0 amide bonds. The summed E-state index contributed by atoms with van der Waals surface area (Å²) in [5.41, 5.74) is 3.97. The molecule has 3 aromatic rings. The van der Waals surface area contributed by atoms with E-state index >= 15 is 0 Å². The van der Waals surface area contributed by atoms with Crippen molar-refractivity contribution in [3.05, 3.63) is 65.5 Å². The molecule has 4 nitrogen and oxygen atoms in total. The van der Waals surface area contributed by atoms with Crippen LogP contribution in [0, 0.1) is 13.8 Å². The zero-order valence-corrected chi connectivity index (χ0v) is 16.0. The van der Waals surface area contributed by atoms with Crippen LogP contribution in [0.25, 0.3) is 16.5 Å². The Hall–Kier alpha value is -2.43. The molecule has 0 aliphatic carbocycles. The lowest BCUT2D eigenvalue weighted by Gasteiger charge is -2.28. The maximum Gasteiger partial charge on any atom is 0.178 e. The van der Waals surface area contributed by atoms with E-state index in [4.69, 9.17) is 0 Å². The van der Waals surface area contributed by atoms with Crippen molar-refractivity contribution in [1.82, 2.24) is 9.47 Å². The number of benzene rings is 2. The maximum absolute atomic E-state index is 13.0. The Morgan fingerprint density at radius 3 is 2.56 bits per heavy atom. The van der Waals surface area contributed by atoms with E-state index in [1.54, 1.807) is 0 Å². The summed E-state index contributed by atoms with van der Waals surface area (Å²) in [5, 5.41) is 12.0. The van der Waals surface area contributed by atoms with Crippen LogP contribution in [-0.2, 0) is 0 Å². The molecule has 0 saturated carbocycles. The lowest BCUT2D eigenvalue weighted by molar-refractivity contribution is 0.0710. The fraction of sp³-hybridized carbons (Fsp3) is 0.348. The molecule has 1 fully saturated rings. The Morgan fingerprint density at radius 1 is 1.07 bits per heavy atom. The SMILES string of the molecule is Cc1cc(C(=O)CN2CCC(O)CC2)c(C)n1-c1cccc2ccccc12. The van der Waals surface area contributed by atoms with Gasteiger partial charge in [0, 0.05) is 35.4 Å². The van der Waals surface area contributed by atoms with Crippen molar-refractivity contribution >= 4 is 16.6 Å². The number of carbonyl (C=O) groups is 1. The van der Waals surface area contributed by atoms with E-state index in [9.17, 15) is 9.90 Å². The number of rotatable bonds is 4. The first-order valence-electron chi connectivity index (χ1n) is 9.65. The van der Waals surface area contributed by atoms with Crippen molar-refractivity contribution < 1.29 is 9.90 Å². The van der Waals surface area contributed by atoms with Crippen LogP contribution < -0.4 is 0 Å². The molecule has 4 rings (SSSR count). The van der Waals surface area contributed by atoms with Crippen molar-refractivity contribution in [2.45, 2.75) is 32.8 Å². The van der Waals surface area contributed by atoms with Crippen molar-refractivity contribution in [2.24, 2.45) is 0 Å². The van der Waals surface area contributed by atoms with E-state index in [1.807, 2.05) is 19.1 Å². The molecule has 1 aromatic heterocycles. The van der Waals surface area contributed by atoms with Gasteiger partial charge in [-0.05, 0) is 44.2 Å². The number of ketones is 1. The molecule has 1 aliphatic rings. The molecule has 1 saturated heterocycles. The highest BCUT2D eigenvalue weighted by molar-refractivity contribution is 5.99. The van der Waals surface area contributed by atoms with Crippen LogP contribution in [0.4, 0.5) is 0 Å². The van der Waals surface area contributed by atoms with Crippen molar-refractivity contribution in [2.75, 3.05) is 19.6 Å². The number of hydrogen-bond acceptors (Lipinski definition) is 3. The number of likely N-dealkylation sites (tertiary alicyclic amines) is 1. The van der Waals surface area contributed by atoms with Crippen LogP contribution in [0.5, 0.6) is 0 Å². The Balaban J connectivity index is 1.66. The highest BCUT2D eigenvalue weighted by atomic mass is 16.3. The zero-order valence-electron chi connectivity index (χ0n) is 16.0. The number of hydrogen-bond donors (Lipinski definition) is 1. The minimum absolute atomic E-state index is 0.158. The third kappa shape index (κ3) is 3.43. The summed E-state index contributed by atoms with van der Waals surface area (Å²) in [6.45, 7) is 6.08. The van der Waals surface area contributed by atoms with Gasteiger partial charge in [-0.25, -0.2) is 0 Å². The second-order valence-electron chi connectivity index (χ2n) is 7.55. The maximum atomic E-state index is 13.0. The number of nitrogens with zero attached hydrogens (tertiary/aromatic N) is 2. The minimum Gasteiger partial charge on any atom is -0.393 e. The number of Topliss-reactive ketones (excluding diaryl/α,β-unsaturated/α-hetero) is 1. The van der Waals surface area contributed by atoms with Gasteiger partial charge in [-0.15, -0.1) is 0 Å². The van der Waals surface area contributed by atoms with E-state index in [0.29, 0.717) is 6.54 Å². The first kappa shape index (κ1) is 18.0. The monoisotopic (exact) mass is 362 g/mol. The van der Waals surface area contributed by atoms with Gasteiger partial charge in [-0.3, -0.25) is 9.69 Å². The van der Waals surface area contributed by atoms with Crippen LogP contribution in [0.2, 0.25) is 0 Å². The Kier molecular flexibility index (Phi) is 4.85. The molecule has 2 heterocycles. The number of aryl methyl sites for hydroxylation is 1. The first-order valence-corrected chi connectivity index (χ1v) is 9.65. The standard InChI is InChI=1S/C23H26N2O2/c1-16-14-21(23(27)15-24-12-10-19(26)11-13-24)17(2)25(16)22-9-5-7-18-6-3-4-8-20(18)22/h3-9,14,19,26H,10-13,15H2,1-2H3. The van der Waals surface area contributed by atoms with Gasteiger partial charge in [0.25, 0.3) is 0 Å². The largest absolute Gasteiger partial charge is 0.393 e. The quantitative estimate of drug-likeness (QED) is 0.716. The summed E-state index contributed by atoms with van der Waals surface area (Å²) in [5.74, 6) is 0.158. The summed E-state index contributed by atoms with van der Waals surface area (Å²) in [6, 6.07) is 16.7. The number of carbonyl (C=O) groups excluding carboxylic acids is 1. The smallest absolute Gasteiger partial charge is 0.178 e. The minimum atomic E-state index is -0.215. The summed E-state index contributed by atoms with van der Waals surface area (Å²) >= 11 is 0. The molecule has 2 aromatic carbocycles. The average molecular weight is 362 g/mol. The average Bonchev–Trinajstić information content (AvgIpc) is 2.97. The number of aliphatic hydroxyl groups is 1. The Morgan fingerprint density at radius 2 is 1.78 bits per heavy atom. The van der Waals surface area contributed by atoms with Gasteiger partial charge in [-0.1, -0.05) is 36.4 Å². The van der Waals surface area contributed by atoms with Gasteiger partial charge in [0.15, 0.2) is 5.78 Å². The fourth-order valence-electron chi connectivity index (χ4n) is 4.18. The van der Waals surface area contributed by atoms with E-state index < -0.39 is 0 Å². The number of aromatic nitrogens is 1. The molecule has 4 heteroatoms. The molecule has 1 aliphatic heterocycles. The second kappa shape index (κ2) is 7.29. The van der Waals surface area contributed by atoms with Gasteiger partial charge in [0.1, 0.15) is 0 Å². The third-order valence-corrected chi connectivity index (χ3v) is 5.66. The highest BCUT2D eigenvalue weighted by Gasteiger charge is 2.22. The van der Waals surface area contributed by atoms with Crippen LogP contribution in [-0.4, -0.2) is 46.1 Å².